The van der Waals surface area contributed by atoms with Crippen molar-refractivity contribution < 1.29 is 14.7 Å². The molecular formula is C18H18N2O3S. The highest BCUT2D eigenvalue weighted by Crippen LogP contribution is 2.29. The third kappa shape index (κ3) is 3.14. The Balaban J connectivity index is 1.84. The van der Waals surface area contributed by atoms with Crippen molar-refractivity contribution in [2.75, 3.05) is 11.5 Å². The van der Waals surface area contributed by atoms with E-state index in [1.165, 1.54) is 11.8 Å². The minimum absolute atomic E-state index is 0.385. The summed E-state index contributed by atoms with van der Waals surface area (Å²) in [6, 6.07) is 13.2. The number of aromatic nitrogens is 1. The van der Waals surface area contributed by atoms with Gasteiger partial charge in [-0.05, 0) is 31.2 Å². The van der Waals surface area contributed by atoms with E-state index in [-0.39, 0.29) is 5.91 Å². The van der Waals surface area contributed by atoms with Gasteiger partial charge in [0.25, 0.3) is 5.91 Å². The number of amides is 1. The summed E-state index contributed by atoms with van der Waals surface area (Å²) >= 11 is 1.54. The summed E-state index contributed by atoms with van der Waals surface area (Å²) in [5.41, 5.74) is 1.58. The number of aryl methyl sites for hydroxylation is 1. The molecule has 2 aromatic rings. The average molecular weight is 342 g/mol. The molecule has 0 radical (unpaired) electrons. The third-order valence-electron chi connectivity index (χ3n) is 4.18. The van der Waals surface area contributed by atoms with Gasteiger partial charge in [0.05, 0.1) is 17.0 Å². The van der Waals surface area contributed by atoms with Gasteiger partial charge in [0, 0.05) is 11.3 Å². The fraction of sp³-hybridized carbons (Fsp3) is 0.278. The maximum Gasteiger partial charge on any atom is 0.330 e. The lowest BCUT2D eigenvalue weighted by atomic mass is 9.98. The Morgan fingerprint density at radius 2 is 1.96 bits per heavy atom. The Kier molecular flexibility index (Phi) is 4.57. The Bertz CT molecular complexity index is 771. The predicted octanol–water partition coefficient (Wildman–Crippen LogP) is 2.75. The normalized spacial score (nSPS) is 19.9. The lowest BCUT2D eigenvalue weighted by molar-refractivity contribution is -0.143. The van der Waals surface area contributed by atoms with E-state index < -0.39 is 11.5 Å². The number of carbonyl (C=O) groups excluding carboxylic acids is 1. The Morgan fingerprint density at radius 1 is 1.21 bits per heavy atom. The molecule has 1 fully saturated rings. The second-order valence-electron chi connectivity index (χ2n) is 5.84. The average Bonchev–Trinajstić information content (AvgIpc) is 3.05. The molecule has 1 amide bonds. The summed E-state index contributed by atoms with van der Waals surface area (Å²) in [5.74, 6) is -0.240. The van der Waals surface area contributed by atoms with Crippen LogP contribution in [-0.4, -0.2) is 39.0 Å². The van der Waals surface area contributed by atoms with Crippen molar-refractivity contribution in [3.8, 4) is 11.3 Å². The van der Waals surface area contributed by atoms with Crippen LogP contribution in [0.1, 0.15) is 22.5 Å². The first-order chi connectivity index (χ1) is 11.5. The maximum absolute atomic E-state index is 12.6. The summed E-state index contributed by atoms with van der Waals surface area (Å²) in [4.78, 5) is 28.6. The molecule has 1 aliphatic heterocycles. The van der Waals surface area contributed by atoms with Gasteiger partial charge in [0.2, 0.25) is 0 Å². The van der Waals surface area contributed by atoms with Crippen LogP contribution in [0.5, 0.6) is 0 Å². The van der Waals surface area contributed by atoms with Crippen molar-refractivity contribution in [2.24, 2.45) is 0 Å². The minimum atomic E-state index is -1.17. The highest BCUT2D eigenvalue weighted by Gasteiger charge is 2.43. The molecule has 3 rings (SSSR count). The number of hydrogen-bond donors (Lipinski definition) is 2. The molecule has 0 bridgehead atoms. The van der Waals surface area contributed by atoms with Crippen molar-refractivity contribution in [3.63, 3.8) is 0 Å². The number of rotatable bonds is 4. The molecule has 2 N–H and O–H groups in total. The standard InChI is InChI=1S/C18H18N2O3S/c1-12-14(7-8-15(19-12)13-5-3-2-4-6-13)16(21)20-18(17(22)23)9-10-24-11-18/h2-8H,9-11H2,1H3,(H,20,21)(H,22,23). The lowest BCUT2D eigenvalue weighted by Gasteiger charge is -2.24. The zero-order valence-electron chi connectivity index (χ0n) is 13.3. The largest absolute Gasteiger partial charge is 0.479 e. The predicted molar refractivity (Wildman–Crippen MR) is 94.2 cm³/mol. The van der Waals surface area contributed by atoms with Gasteiger partial charge in [0.1, 0.15) is 5.54 Å². The first-order valence-corrected chi connectivity index (χ1v) is 8.84. The van der Waals surface area contributed by atoms with Crippen LogP contribution in [-0.2, 0) is 4.79 Å². The smallest absolute Gasteiger partial charge is 0.330 e. The number of nitrogens with zero attached hydrogens (tertiary/aromatic N) is 1. The zero-order chi connectivity index (χ0) is 17.2. The first kappa shape index (κ1) is 16.5. The summed E-state index contributed by atoms with van der Waals surface area (Å²) < 4.78 is 0. The van der Waals surface area contributed by atoms with Crippen LogP contribution in [0.4, 0.5) is 0 Å². The summed E-state index contributed by atoms with van der Waals surface area (Å²) in [6.45, 7) is 1.76. The molecule has 0 saturated carbocycles. The van der Waals surface area contributed by atoms with Crippen LogP contribution >= 0.6 is 11.8 Å². The topological polar surface area (TPSA) is 79.3 Å². The number of benzene rings is 1. The zero-order valence-corrected chi connectivity index (χ0v) is 14.1. The van der Waals surface area contributed by atoms with E-state index in [9.17, 15) is 14.7 Å². The summed E-state index contributed by atoms with van der Waals surface area (Å²) in [7, 11) is 0. The van der Waals surface area contributed by atoms with Crippen molar-refractivity contribution in [2.45, 2.75) is 18.9 Å². The molecule has 6 heteroatoms. The van der Waals surface area contributed by atoms with Crippen LogP contribution in [0.15, 0.2) is 42.5 Å². The fourth-order valence-electron chi connectivity index (χ4n) is 2.74. The van der Waals surface area contributed by atoms with Crippen LogP contribution in [0.3, 0.4) is 0 Å². The second-order valence-corrected chi connectivity index (χ2v) is 6.94. The van der Waals surface area contributed by atoms with Gasteiger partial charge in [-0.15, -0.1) is 0 Å². The summed E-state index contributed by atoms with van der Waals surface area (Å²) in [6.07, 6.45) is 0.438. The molecule has 1 saturated heterocycles. The number of hydrogen-bond acceptors (Lipinski definition) is 4. The highest BCUT2D eigenvalue weighted by molar-refractivity contribution is 7.99. The van der Waals surface area contributed by atoms with Crippen molar-refractivity contribution in [3.05, 3.63) is 53.7 Å². The summed E-state index contributed by atoms with van der Waals surface area (Å²) in [5, 5.41) is 12.2. The van der Waals surface area contributed by atoms with Gasteiger partial charge in [0.15, 0.2) is 0 Å². The number of carboxylic acids is 1. The number of carboxylic acid groups (broad SMARTS) is 1. The van der Waals surface area contributed by atoms with Crippen LogP contribution in [0.2, 0.25) is 0 Å². The second kappa shape index (κ2) is 6.65. The van der Waals surface area contributed by atoms with Gasteiger partial charge in [-0.1, -0.05) is 30.3 Å². The molecule has 1 aromatic heterocycles. The van der Waals surface area contributed by atoms with Crippen molar-refractivity contribution >= 4 is 23.6 Å². The molecule has 1 unspecified atom stereocenters. The van der Waals surface area contributed by atoms with E-state index in [1.807, 2.05) is 30.3 Å². The molecule has 0 spiro atoms. The number of nitrogens with one attached hydrogen (secondary N) is 1. The van der Waals surface area contributed by atoms with Crippen LogP contribution < -0.4 is 5.32 Å². The first-order valence-electron chi connectivity index (χ1n) is 7.68. The molecule has 1 atom stereocenters. The van der Waals surface area contributed by atoms with E-state index in [0.29, 0.717) is 23.4 Å². The number of pyridine rings is 1. The molecule has 0 aliphatic carbocycles. The van der Waals surface area contributed by atoms with Gasteiger partial charge in [-0.25, -0.2) is 4.79 Å². The van der Waals surface area contributed by atoms with Crippen molar-refractivity contribution in [1.29, 1.82) is 0 Å². The molecule has 2 heterocycles. The monoisotopic (exact) mass is 342 g/mol. The SMILES string of the molecule is Cc1nc(-c2ccccc2)ccc1C(=O)NC1(C(=O)O)CCSC1. The van der Waals surface area contributed by atoms with Gasteiger partial charge < -0.3 is 10.4 Å². The molecular weight excluding hydrogens is 324 g/mol. The Hall–Kier alpha value is -2.34. The molecule has 1 aliphatic rings. The quantitative estimate of drug-likeness (QED) is 0.893. The third-order valence-corrected chi connectivity index (χ3v) is 5.37. The Labute approximate surface area is 144 Å². The van der Waals surface area contributed by atoms with E-state index in [2.05, 4.69) is 10.3 Å². The van der Waals surface area contributed by atoms with Gasteiger partial charge >= 0.3 is 5.97 Å². The van der Waals surface area contributed by atoms with E-state index in [4.69, 9.17) is 0 Å². The Morgan fingerprint density at radius 3 is 2.54 bits per heavy atom. The van der Waals surface area contributed by atoms with E-state index in [0.717, 1.165) is 17.0 Å². The van der Waals surface area contributed by atoms with Crippen LogP contribution in [0, 0.1) is 6.92 Å². The van der Waals surface area contributed by atoms with Gasteiger partial charge in [-0.2, -0.15) is 11.8 Å². The maximum atomic E-state index is 12.6. The van der Waals surface area contributed by atoms with Crippen molar-refractivity contribution in [1.82, 2.24) is 10.3 Å². The number of aliphatic carboxylic acids is 1. The molecule has 5 nitrogen and oxygen atoms in total. The lowest BCUT2D eigenvalue weighted by Crippen LogP contribution is -2.54. The van der Waals surface area contributed by atoms with E-state index >= 15 is 0 Å². The van der Waals surface area contributed by atoms with E-state index in [1.54, 1.807) is 19.1 Å². The highest BCUT2D eigenvalue weighted by atomic mass is 32.2. The molecule has 24 heavy (non-hydrogen) atoms. The van der Waals surface area contributed by atoms with Gasteiger partial charge in [-0.3, -0.25) is 9.78 Å². The minimum Gasteiger partial charge on any atom is -0.479 e. The number of carbonyl (C=O) groups is 2. The molecule has 124 valence electrons. The van der Waals surface area contributed by atoms with Crippen LogP contribution in [0.25, 0.3) is 11.3 Å². The number of thioether (sulfide) groups is 1. The molecule has 1 aromatic carbocycles. The fourth-order valence-corrected chi connectivity index (χ4v) is 4.07.